The third-order valence-corrected chi connectivity index (χ3v) is 4.22. The van der Waals surface area contributed by atoms with Gasteiger partial charge in [-0.05, 0) is 31.6 Å². The van der Waals surface area contributed by atoms with Crippen molar-refractivity contribution in [1.29, 1.82) is 0 Å². The number of likely N-dealkylation sites (N-methyl/N-ethyl adjacent to an activating group) is 1. The average molecular weight is 267 g/mol. The highest BCUT2D eigenvalue weighted by Gasteiger charge is 2.43. The van der Waals surface area contributed by atoms with Gasteiger partial charge in [0.05, 0.1) is 5.92 Å². The molecule has 4 unspecified atom stereocenters. The molecule has 0 saturated carbocycles. The van der Waals surface area contributed by atoms with Gasteiger partial charge in [0.2, 0.25) is 11.8 Å². The smallest absolute Gasteiger partial charge is 0.242 e. The van der Waals surface area contributed by atoms with Gasteiger partial charge in [-0.1, -0.05) is 13.8 Å². The maximum atomic E-state index is 12.3. The molecule has 2 fully saturated rings. The zero-order valence-corrected chi connectivity index (χ0v) is 12.0. The van der Waals surface area contributed by atoms with E-state index >= 15 is 0 Å². The zero-order valence-electron chi connectivity index (χ0n) is 12.0. The lowest BCUT2D eigenvalue weighted by Crippen LogP contribution is -2.49. The van der Waals surface area contributed by atoms with Gasteiger partial charge in [0.1, 0.15) is 6.04 Å². The van der Waals surface area contributed by atoms with Gasteiger partial charge in [0.15, 0.2) is 0 Å². The number of hydrogen-bond acceptors (Lipinski definition) is 3. The molecule has 0 aliphatic carbocycles. The number of nitrogens with one attached hydrogen (secondary N) is 3. The van der Waals surface area contributed by atoms with Gasteiger partial charge in [-0.25, -0.2) is 0 Å². The summed E-state index contributed by atoms with van der Waals surface area (Å²) in [5, 5.41) is 9.02. The number of amides is 2. The molecule has 2 heterocycles. The molecule has 108 valence electrons. The summed E-state index contributed by atoms with van der Waals surface area (Å²) in [4.78, 5) is 24.1. The summed E-state index contributed by atoms with van der Waals surface area (Å²) < 4.78 is 0. The van der Waals surface area contributed by atoms with Gasteiger partial charge in [-0.15, -0.1) is 0 Å². The number of carbonyl (C=O) groups is 2. The van der Waals surface area contributed by atoms with Crippen LogP contribution in [-0.2, 0) is 9.59 Å². The first-order valence-electron chi connectivity index (χ1n) is 7.29. The van der Waals surface area contributed by atoms with Crippen LogP contribution in [0.1, 0.15) is 39.5 Å². The minimum absolute atomic E-state index is 0.0361. The molecule has 0 aromatic rings. The van der Waals surface area contributed by atoms with E-state index in [4.69, 9.17) is 0 Å². The van der Waals surface area contributed by atoms with E-state index in [0.717, 1.165) is 12.8 Å². The van der Waals surface area contributed by atoms with Crippen LogP contribution in [0.3, 0.4) is 0 Å². The summed E-state index contributed by atoms with van der Waals surface area (Å²) in [6, 6.07) is 0.412. The molecule has 2 bridgehead atoms. The van der Waals surface area contributed by atoms with Gasteiger partial charge >= 0.3 is 0 Å². The maximum Gasteiger partial charge on any atom is 0.242 e. The molecular formula is C14H25N3O2. The monoisotopic (exact) mass is 267 g/mol. The Morgan fingerprint density at radius 3 is 2.53 bits per heavy atom. The summed E-state index contributed by atoms with van der Waals surface area (Å²) in [6.07, 6.45) is 3.86. The van der Waals surface area contributed by atoms with E-state index in [1.165, 1.54) is 6.42 Å². The molecule has 5 nitrogen and oxygen atoms in total. The van der Waals surface area contributed by atoms with Crippen LogP contribution in [-0.4, -0.2) is 37.0 Å². The molecule has 19 heavy (non-hydrogen) atoms. The summed E-state index contributed by atoms with van der Waals surface area (Å²) in [5.41, 5.74) is 0. The molecule has 2 aliphatic heterocycles. The first kappa shape index (κ1) is 14.3. The number of hydrogen-bond donors (Lipinski definition) is 3. The average Bonchev–Trinajstić information content (AvgIpc) is 2.98. The Labute approximate surface area is 114 Å². The number of fused-ring (bicyclic) bond motifs is 2. The summed E-state index contributed by atoms with van der Waals surface area (Å²) in [6.45, 7) is 4.11. The Morgan fingerprint density at radius 1 is 1.32 bits per heavy atom. The van der Waals surface area contributed by atoms with Crippen LogP contribution >= 0.6 is 0 Å². The molecule has 4 atom stereocenters. The van der Waals surface area contributed by atoms with E-state index in [0.29, 0.717) is 24.4 Å². The molecule has 0 spiro atoms. The van der Waals surface area contributed by atoms with Gasteiger partial charge in [0.25, 0.3) is 0 Å². The van der Waals surface area contributed by atoms with Gasteiger partial charge < -0.3 is 16.0 Å². The first-order chi connectivity index (χ1) is 9.01. The molecule has 5 heteroatoms. The quantitative estimate of drug-likeness (QED) is 0.675. The Balaban J connectivity index is 1.93. The van der Waals surface area contributed by atoms with Gasteiger partial charge in [-0.2, -0.15) is 0 Å². The van der Waals surface area contributed by atoms with Crippen molar-refractivity contribution in [3.63, 3.8) is 0 Å². The molecule has 2 aliphatic rings. The van der Waals surface area contributed by atoms with Crippen LogP contribution in [0.5, 0.6) is 0 Å². The van der Waals surface area contributed by atoms with E-state index in [-0.39, 0.29) is 17.7 Å². The second kappa shape index (κ2) is 5.90. The predicted molar refractivity (Wildman–Crippen MR) is 73.5 cm³/mol. The standard InChI is InChI=1S/C14H25N3O2/c1-8(2)6-12(14(19)15-3)17-13(18)10-7-9-4-5-11(10)16-9/h8-12,16H,4-7H2,1-3H3,(H,15,19)(H,17,18). The maximum absolute atomic E-state index is 12.3. The highest BCUT2D eigenvalue weighted by atomic mass is 16.2. The first-order valence-corrected chi connectivity index (χ1v) is 7.29. The van der Waals surface area contributed by atoms with Crippen LogP contribution in [0.2, 0.25) is 0 Å². The van der Waals surface area contributed by atoms with Crippen molar-refractivity contribution in [2.75, 3.05) is 7.05 Å². The molecule has 2 amide bonds. The summed E-state index contributed by atoms with van der Waals surface area (Å²) >= 11 is 0. The summed E-state index contributed by atoms with van der Waals surface area (Å²) in [5.74, 6) is 0.353. The van der Waals surface area contributed by atoms with Crippen LogP contribution < -0.4 is 16.0 Å². The van der Waals surface area contributed by atoms with E-state index in [2.05, 4.69) is 29.8 Å². The molecule has 2 saturated heterocycles. The predicted octanol–water partition coefficient (Wildman–Crippen LogP) is 0.404. The third-order valence-electron chi connectivity index (χ3n) is 4.22. The summed E-state index contributed by atoms with van der Waals surface area (Å²) in [7, 11) is 1.61. The van der Waals surface area contributed by atoms with Crippen molar-refractivity contribution in [1.82, 2.24) is 16.0 Å². The number of carbonyl (C=O) groups excluding carboxylic acids is 2. The molecule has 3 N–H and O–H groups in total. The lowest BCUT2D eigenvalue weighted by molar-refractivity contribution is -0.131. The Kier molecular flexibility index (Phi) is 4.45. The fraction of sp³-hybridized carbons (Fsp3) is 0.857. The van der Waals surface area contributed by atoms with Crippen molar-refractivity contribution in [2.45, 2.75) is 57.7 Å². The second-order valence-electron chi connectivity index (χ2n) is 6.19. The highest BCUT2D eigenvalue weighted by molar-refractivity contribution is 5.88. The van der Waals surface area contributed by atoms with Gasteiger partial charge in [0, 0.05) is 19.1 Å². The SMILES string of the molecule is CNC(=O)C(CC(C)C)NC(=O)C1CC2CCC1N2. The Morgan fingerprint density at radius 2 is 2.05 bits per heavy atom. The van der Waals surface area contributed by atoms with E-state index in [9.17, 15) is 9.59 Å². The Bertz CT molecular complexity index is 357. The second-order valence-corrected chi connectivity index (χ2v) is 6.19. The number of rotatable bonds is 5. The topological polar surface area (TPSA) is 70.2 Å². The molecule has 0 aromatic heterocycles. The third kappa shape index (κ3) is 3.26. The lowest BCUT2D eigenvalue weighted by atomic mass is 9.88. The molecular weight excluding hydrogens is 242 g/mol. The van der Waals surface area contributed by atoms with Crippen molar-refractivity contribution >= 4 is 11.8 Å². The van der Waals surface area contributed by atoms with Crippen LogP contribution in [0.15, 0.2) is 0 Å². The van der Waals surface area contributed by atoms with E-state index in [1.54, 1.807) is 7.05 Å². The van der Waals surface area contributed by atoms with Crippen molar-refractivity contribution < 1.29 is 9.59 Å². The molecule has 0 radical (unpaired) electrons. The Hall–Kier alpha value is -1.10. The highest BCUT2D eigenvalue weighted by Crippen LogP contribution is 2.33. The van der Waals surface area contributed by atoms with Crippen molar-refractivity contribution in [3.8, 4) is 0 Å². The van der Waals surface area contributed by atoms with Gasteiger partial charge in [-0.3, -0.25) is 9.59 Å². The van der Waals surface area contributed by atoms with Crippen LogP contribution in [0.4, 0.5) is 0 Å². The van der Waals surface area contributed by atoms with E-state index in [1.807, 2.05) is 0 Å². The van der Waals surface area contributed by atoms with Crippen molar-refractivity contribution in [2.24, 2.45) is 11.8 Å². The fourth-order valence-electron chi connectivity index (χ4n) is 3.27. The molecule has 2 rings (SSSR count). The normalized spacial score (nSPS) is 30.4. The molecule has 0 aromatic carbocycles. The van der Waals surface area contributed by atoms with Crippen LogP contribution in [0.25, 0.3) is 0 Å². The van der Waals surface area contributed by atoms with E-state index < -0.39 is 6.04 Å². The largest absolute Gasteiger partial charge is 0.357 e. The lowest BCUT2D eigenvalue weighted by Gasteiger charge is -2.24. The minimum atomic E-state index is -0.406. The van der Waals surface area contributed by atoms with Crippen LogP contribution in [0, 0.1) is 11.8 Å². The van der Waals surface area contributed by atoms with Crippen molar-refractivity contribution in [3.05, 3.63) is 0 Å². The fourth-order valence-corrected chi connectivity index (χ4v) is 3.27. The minimum Gasteiger partial charge on any atom is -0.357 e. The zero-order chi connectivity index (χ0) is 14.0.